The van der Waals surface area contributed by atoms with Crippen LogP contribution in [0.1, 0.15) is 23.7 Å². The Morgan fingerprint density at radius 1 is 1.37 bits per heavy atom. The average molecular weight is 423 g/mol. The molecule has 11 heteroatoms. The number of rotatable bonds is 7. The number of aldehydes is 1. The number of ether oxygens (including phenoxy) is 1. The van der Waals surface area contributed by atoms with Crippen LogP contribution in [-0.4, -0.2) is 81.4 Å². The lowest BCUT2D eigenvalue weighted by atomic mass is 9.82. The number of piperazine rings is 1. The molecule has 3 saturated heterocycles. The minimum atomic E-state index is -2.37. The summed E-state index contributed by atoms with van der Waals surface area (Å²) in [6.07, 6.45) is -1.21. The molecule has 1 unspecified atom stereocenters. The first-order valence-corrected chi connectivity index (χ1v) is 9.41. The first-order chi connectivity index (χ1) is 14.1. The number of aliphatic hydroxyl groups excluding tert-OH is 2. The highest BCUT2D eigenvalue weighted by atomic mass is 16.5. The summed E-state index contributed by atoms with van der Waals surface area (Å²) in [7, 11) is 0. The predicted octanol–water partition coefficient (Wildman–Crippen LogP) is -2.32. The number of carbonyl (C=O) groups excluding carboxylic acids is 3. The Kier molecular flexibility index (Phi) is 5.85. The summed E-state index contributed by atoms with van der Waals surface area (Å²) in [5, 5.41) is 48.4. The average Bonchev–Trinajstić information content (AvgIpc) is 2.72. The van der Waals surface area contributed by atoms with Crippen molar-refractivity contribution in [2.24, 2.45) is 5.92 Å². The van der Waals surface area contributed by atoms with Gasteiger partial charge in [-0.3, -0.25) is 14.4 Å². The molecule has 3 aliphatic heterocycles. The molecule has 2 amide bonds. The zero-order valence-corrected chi connectivity index (χ0v) is 16.3. The molecule has 0 spiro atoms. The van der Waals surface area contributed by atoms with E-state index in [9.17, 15) is 34.8 Å². The molecule has 4 rings (SSSR count). The third-order valence-corrected chi connectivity index (χ3v) is 5.54. The maximum absolute atomic E-state index is 12.8. The minimum Gasteiger partial charge on any atom is -0.393 e. The molecule has 30 heavy (non-hydrogen) atoms. The van der Waals surface area contributed by atoms with E-state index in [1.165, 1.54) is 0 Å². The summed E-state index contributed by atoms with van der Waals surface area (Å²) >= 11 is 0. The smallest absolute Gasteiger partial charge is 0.278 e. The number of hydrogen-bond donors (Lipinski definition) is 7. The van der Waals surface area contributed by atoms with Crippen LogP contribution in [0.2, 0.25) is 0 Å². The molecule has 1 aromatic rings. The Morgan fingerprint density at radius 3 is 2.77 bits per heavy atom. The number of benzene rings is 1. The Balaban J connectivity index is 1.83. The highest BCUT2D eigenvalue weighted by Gasteiger charge is 2.64. The van der Waals surface area contributed by atoms with Crippen LogP contribution in [0.25, 0.3) is 0 Å². The van der Waals surface area contributed by atoms with Crippen LogP contribution in [0.15, 0.2) is 24.3 Å². The van der Waals surface area contributed by atoms with Crippen molar-refractivity contribution in [3.05, 3.63) is 29.8 Å². The molecule has 11 nitrogen and oxygen atoms in total. The predicted molar refractivity (Wildman–Crippen MR) is 102 cm³/mol. The van der Waals surface area contributed by atoms with Crippen LogP contribution in [0.3, 0.4) is 0 Å². The van der Waals surface area contributed by atoms with Crippen molar-refractivity contribution >= 4 is 23.8 Å². The van der Waals surface area contributed by atoms with Crippen molar-refractivity contribution in [3.8, 4) is 0 Å². The summed E-state index contributed by atoms with van der Waals surface area (Å²) in [6.45, 7) is 0.0864. The molecule has 3 fully saturated rings. The van der Waals surface area contributed by atoms with Gasteiger partial charge in [0.05, 0.1) is 13.2 Å². The van der Waals surface area contributed by atoms with Gasteiger partial charge in [-0.15, -0.1) is 0 Å². The molecule has 0 aromatic heterocycles. The van der Waals surface area contributed by atoms with Crippen molar-refractivity contribution < 1.29 is 39.5 Å². The maximum Gasteiger partial charge on any atom is 0.278 e. The van der Waals surface area contributed by atoms with Crippen LogP contribution >= 0.6 is 0 Å². The minimum absolute atomic E-state index is 0.0553. The first-order valence-electron chi connectivity index (χ1n) is 9.41. The van der Waals surface area contributed by atoms with Crippen molar-refractivity contribution in [1.82, 2.24) is 10.6 Å². The van der Waals surface area contributed by atoms with E-state index in [0.717, 1.165) is 6.92 Å². The third kappa shape index (κ3) is 3.66. The fraction of sp³-hybridized carbons (Fsp3) is 0.526. The SMILES string of the molecule is C[C@@](O)(CO)[C@H](O)C12NC(=O)[C@@](O)(NC1=O)[C@H](CNc1cccc(C=O)c1)CCO2. The summed E-state index contributed by atoms with van der Waals surface area (Å²) in [4.78, 5) is 36.5. The molecular formula is C19H25N3O8. The van der Waals surface area contributed by atoms with E-state index in [2.05, 4.69) is 16.0 Å². The van der Waals surface area contributed by atoms with Gasteiger partial charge in [0, 0.05) is 23.7 Å². The van der Waals surface area contributed by atoms with Gasteiger partial charge in [0.25, 0.3) is 17.5 Å². The first kappa shape index (κ1) is 22.1. The topological polar surface area (TPSA) is 177 Å². The highest BCUT2D eigenvalue weighted by Crippen LogP contribution is 2.34. The monoisotopic (exact) mass is 423 g/mol. The largest absolute Gasteiger partial charge is 0.393 e. The lowest BCUT2D eigenvalue weighted by Gasteiger charge is -2.51. The Bertz CT molecular complexity index is 847. The van der Waals surface area contributed by atoms with Gasteiger partial charge in [-0.05, 0) is 25.5 Å². The number of fused-ring (bicyclic) bond motifs is 5. The van der Waals surface area contributed by atoms with Crippen molar-refractivity contribution in [1.29, 1.82) is 0 Å². The number of nitrogens with one attached hydrogen (secondary N) is 3. The van der Waals surface area contributed by atoms with Gasteiger partial charge in [0.15, 0.2) is 0 Å². The number of anilines is 1. The number of carbonyl (C=O) groups is 3. The standard InChI is InChI=1S/C19H25N3O8/c1-17(28,10-24)14(25)19-16(27)21-18(29,15(26)22-19)12(5-6-30-19)8-20-13-4-2-3-11(7-13)9-23/h2-4,7,9,12,14,20,24-25,28-29H,5-6,8,10H2,1H3,(H,21,27)(H,22,26)/t12-,14-,17+,18+,19?/m0/s1. The zero-order valence-electron chi connectivity index (χ0n) is 16.3. The lowest BCUT2D eigenvalue weighted by Crippen LogP contribution is -2.84. The van der Waals surface area contributed by atoms with Crippen LogP contribution in [0.5, 0.6) is 0 Å². The number of hydrogen-bond acceptors (Lipinski definition) is 9. The third-order valence-electron chi connectivity index (χ3n) is 5.54. The van der Waals surface area contributed by atoms with E-state index in [1.807, 2.05) is 0 Å². The molecule has 0 saturated carbocycles. The molecule has 5 atom stereocenters. The van der Waals surface area contributed by atoms with Gasteiger partial charge in [-0.25, -0.2) is 0 Å². The van der Waals surface area contributed by atoms with E-state index in [-0.39, 0.29) is 19.6 Å². The van der Waals surface area contributed by atoms with Gasteiger partial charge >= 0.3 is 0 Å². The molecule has 164 valence electrons. The second kappa shape index (κ2) is 7.93. The van der Waals surface area contributed by atoms with Crippen LogP contribution in [-0.2, 0) is 14.3 Å². The second-order valence-electron chi connectivity index (χ2n) is 7.79. The molecule has 3 aliphatic rings. The Morgan fingerprint density at radius 2 is 2.10 bits per heavy atom. The summed E-state index contributed by atoms with van der Waals surface area (Å²) in [5.41, 5.74) is -5.81. The lowest BCUT2D eigenvalue weighted by molar-refractivity contribution is -0.240. The fourth-order valence-corrected chi connectivity index (χ4v) is 3.61. The maximum atomic E-state index is 12.8. The molecule has 3 heterocycles. The Labute approximate surface area is 172 Å². The van der Waals surface area contributed by atoms with E-state index in [4.69, 9.17) is 4.74 Å². The molecule has 0 radical (unpaired) electrons. The van der Waals surface area contributed by atoms with E-state index < -0.39 is 47.5 Å². The highest BCUT2D eigenvalue weighted by molar-refractivity contribution is 6.01. The molecule has 1 aromatic carbocycles. The van der Waals surface area contributed by atoms with Gasteiger partial charge in [0.1, 0.15) is 18.0 Å². The van der Waals surface area contributed by atoms with E-state index in [1.54, 1.807) is 24.3 Å². The van der Waals surface area contributed by atoms with E-state index in [0.29, 0.717) is 17.5 Å². The normalized spacial score (nSPS) is 31.6. The zero-order chi connectivity index (χ0) is 22.2. The summed E-state index contributed by atoms with van der Waals surface area (Å²) in [6, 6.07) is 6.58. The Hall–Kier alpha value is -2.57. The molecular weight excluding hydrogens is 398 g/mol. The van der Waals surface area contributed by atoms with Gasteiger partial charge in [0.2, 0.25) is 5.72 Å². The summed E-state index contributed by atoms with van der Waals surface area (Å²) < 4.78 is 5.50. The molecule has 2 bridgehead atoms. The second-order valence-corrected chi connectivity index (χ2v) is 7.79. The van der Waals surface area contributed by atoms with Gasteiger partial charge in [-0.1, -0.05) is 12.1 Å². The van der Waals surface area contributed by atoms with Crippen molar-refractivity contribution in [3.63, 3.8) is 0 Å². The van der Waals surface area contributed by atoms with Crippen molar-refractivity contribution in [2.75, 3.05) is 25.1 Å². The summed E-state index contributed by atoms with van der Waals surface area (Å²) in [5.74, 6) is -2.91. The molecule has 7 N–H and O–H groups in total. The van der Waals surface area contributed by atoms with E-state index >= 15 is 0 Å². The van der Waals surface area contributed by atoms with Crippen molar-refractivity contribution in [2.45, 2.75) is 36.5 Å². The molecule has 0 aliphatic carbocycles. The number of amides is 2. The van der Waals surface area contributed by atoms with Crippen LogP contribution in [0.4, 0.5) is 5.69 Å². The van der Waals surface area contributed by atoms with Crippen LogP contribution in [0, 0.1) is 5.92 Å². The quantitative estimate of drug-likeness (QED) is 0.237. The fourth-order valence-electron chi connectivity index (χ4n) is 3.61. The number of aliphatic hydroxyl groups is 4. The van der Waals surface area contributed by atoms with Gasteiger partial charge in [-0.2, -0.15) is 0 Å². The van der Waals surface area contributed by atoms with Crippen LogP contribution < -0.4 is 16.0 Å². The van der Waals surface area contributed by atoms with Gasteiger partial charge < -0.3 is 41.1 Å².